The van der Waals surface area contributed by atoms with Gasteiger partial charge in [-0.05, 0) is 0 Å². The Hall–Kier alpha value is -0.272. The molecule has 1 rings (SSSR count). The molecule has 0 saturated carbocycles. The Morgan fingerprint density at radius 2 is 1.50 bits per heavy atom. The van der Waals surface area contributed by atoms with Gasteiger partial charge in [0.1, 0.15) is 0 Å². The second-order valence-corrected chi connectivity index (χ2v) is 1.44. The molecule has 0 N–H and O–H groups in total. The molecule has 0 amide bonds. The van der Waals surface area contributed by atoms with Crippen molar-refractivity contribution in [1.29, 1.82) is 0 Å². The van der Waals surface area contributed by atoms with Crippen molar-refractivity contribution in [1.82, 2.24) is 0 Å². The van der Waals surface area contributed by atoms with E-state index in [1.165, 1.54) is 0 Å². The smallest absolute Gasteiger partial charge is 0.0174 e. The van der Waals surface area contributed by atoms with Crippen LogP contribution in [0.15, 0.2) is 24.3 Å². The zero-order chi connectivity index (χ0) is 5.11. The van der Waals surface area contributed by atoms with Crippen LogP contribution >= 0.6 is 0 Å². The molecule has 0 radical (unpaired) electrons. The molecule has 0 aromatic heterocycles. The van der Waals surface area contributed by atoms with E-state index >= 15 is 0 Å². The molecule has 0 saturated heterocycles. The first kappa shape index (κ1) is 16.4. The Balaban J connectivity index is -0.000000163. The van der Waals surface area contributed by atoms with Crippen molar-refractivity contribution in [2.45, 2.75) is 0 Å². The van der Waals surface area contributed by atoms with Crippen LogP contribution < -0.4 is 0 Å². The predicted molar refractivity (Wildman–Crippen MR) is 41.7 cm³/mol. The van der Waals surface area contributed by atoms with Crippen molar-refractivity contribution in [2.75, 3.05) is 0 Å². The summed E-state index contributed by atoms with van der Waals surface area (Å²) >= 11 is 0. The number of hydrogen-bond acceptors (Lipinski definition) is 0. The van der Waals surface area contributed by atoms with Crippen LogP contribution in [0.4, 0.5) is 0 Å². The van der Waals surface area contributed by atoms with E-state index in [-0.39, 0.29) is 41.8 Å². The molecule has 1 aliphatic rings. The van der Waals surface area contributed by atoms with Gasteiger partial charge in [0.15, 0.2) is 0 Å². The van der Waals surface area contributed by atoms with Crippen molar-refractivity contribution < 1.29 is 21.1 Å². The monoisotopic (exact) mass is 314 g/mol. The Morgan fingerprint density at radius 3 is 1.70 bits per heavy atom. The SMILES string of the molecule is [C-]#CC1C=CC=C1.[CH3-].[CH3-].[Pt]. The van der Waals surface area contributed by atoms with Crippen molar-refractivity contribution in [3.8, 4) is 5.92 Å². The van der Waals surface area contributed by atoms with Gasteiger partial charge >= 0.3 is 0 Å². The first-order valence-electron chi connectivity index (χ1n) is 2.21. The summed E-state index contributed by atoms with van der Waals surface area (Å²) in [5.41, 5.74) is 0. The standard InChI is InChI=1S/C7H5.2CH3.Pt/c1-2-7-5-3-4-6-7;;;/h3-7H;2*1H3;/q3*-1;. The molecule has 0 atom stereocenters. The van der Waals surface area contributed by atoms with Crippen molar-refractivity contribution in [3.05, 3.63) is 45.6 Å². The first-order valence-corrected chi connectivity index (χ1v) is 2.21. The van der Waals surface area contributed by atoms with Crippen LogP contribution in [0.2, 0.25) is 0 Å². The van der Waals surface area contributed by atoms with E-state index < -0.39 is 0 Å². The Kier molecular flexibility index (Phi) is 14.3. The van der Waals surface area contributed by atoms with Gasteiger partial charge in [-0.25, -0.2) is 0 Å². The third-order valence-corrected chi connectivity index (χ3v) is 0.915. The second-order valence-electron chi connectivity index (χ2n) is 1.44. The zero-order valence-corrected chi connectivity index (χ0v) is 8.48. The van der Waals surface area contributed by atoms with Crippen LogP contribution in [0.25, 0.3) is 0 Å². The molecular formula is C9H11Pt-3. The zero-order valence-electron chi connectivity index (χ0n) is 6.20. The molecule has 0 aromatic rings. The summed E-state index contributed by atoms with van der Waals surface area (Å²) < 4.78 is 0. The molecule has 0 spiro atoms. The Morgan fingerprint density at radius 1 is 1.10 bits per heavy atom. The van der Waals surface area contributed by atoms with Gasteiger partial charge in [0.2, 0.25) is 0 Å². The molecule has 0 bridgehead atoms. The molecule has 0 aromatic carbocycles. The maximum Gasteiger partial charge on any atom is 0.0174 e. The van der Waals surface area contributed by atoms with Gasteiger partial charge in [-0.1, -0.05) is 24.3 Å². The summed E-state index contributed by atoms with van der Waals surface area (Å²) in [6.45, 7) is 0. The summed E-state index contributed by atoms with van der Waals surface area (Å²) in [5, 5.41) is 0. The minimum atomic E-state index is 0. The molecule has 1 aliphatic carbocycles. The predicted octanol–water partition coefficient (Wildman–Crippen LogP) is 2.22. The molecule has 0 fully saturated rings. The summed E-state index contributed by atoms with van der Waals surface area (Å²) in [4.78, 5) is 0. The average molecular weight is 314 g/mol. The van der Waals surface area contributed by atoms with Gasteiger partial charge in [0.25, 0.3) is 0 Å². The Bertz CT molecular complexity index is 137. The summed E-state index contributed by atoms with van der Waals surface area (Å²) in [6.07, 6.45) is 14.3. The van der Waals surface area contributed by atoms with Crippen LogP contribution in [0.1, 0.15) is 0 Å². The fourth-order valence-electron chi connectivity index (χ4n) is 0.528. The molecular weight excluding hydrogens is 303 g/mol. The molecule has 1 heteroatoms. The second kappa shape index (κ2) is 8.73. The van der Waals surface area contributed by atoms with Gasteiger partial charge in [-0.3, -0.25) is 0 Å². The van der Waals surface area contributed by atoms with Crippen LogP contribution in [-0.2, 0) is 21.1 Å². The van der Waals surface area contributed by atoms with E-state index in [2.05, 4.69) is 5.92 Å². The fraction of sp³-hybridized carbons (Fsp3) is 0.111. The van der Waals surface area contributed by atoms with Gasteiger partial charge in [-0.2, -0.15) is 0 Å². The molecule has 0 nitrogen and oxygen atoms in total. The topological polar surface area (TPSA) is 0 Å². The minimum absolute atomic E-state index is 0. The average Bonchev–Trinajstić information content (AvgIpc) is 2.14. The number of hydrogen-bond donors (Lipinski definition) is 0. The molecule has 0 aliphatic heterocycles. The van der Waals surface area contributed by atoms with E-state index in [1.807, 2.05) is 24.3 Å². The fourth-order valence-corrected chi connectivity index (χ4v) is 0.528. The molecule has 10 heavy (non-hydrogen) atoms. The van der Waals surface area contributed by atoms with Crippen LogP contribution in [0, 0.1) is 33.1 Å². The summed E-state index contributed by atoms with van der Waals surface area (Å²) in [5.74, 6) is 2.49. The maximum atomic E-state index is 6.65. The van der Waals surface area contributed by atoms with E-state index in [0.717, 1.165) is 0 Å². The van der Waals surface area contributed by atoms with E-state index in [0.29, 0.717) is 0 Å². The quantitative estimate of drug-likeness (QED) is 0.475. The van der Waals surface area contributed by atoms with Gasteiger partial charge in [-0.15, -0.1) is 0 Å². The van der Waals surface area contributed by atoms with Gasteiger partial charge in [0, 0.05) is 27.0 Å². The summed E-state index contributed by atoms with van der Waals surface area (Å²) in [7, 11) is 0. The number of allylic oxidation sites excluding steroid dienone is 4. The molecule has 0 unspecified atom stereocenters. The third kappa shape index (κ3) is 4.59. The van der Waals surface area contributed by atoms with Gasteiger partial charge in [0.05, 0.1) is 0 Å². The minimum Gasteiger partial charge on any atom is -0.693 e. The largest absolute Gasteiger partial charge is 0.693 e. The van der Waals surface area contributed by atoms with Crippen molar-refractivity contribution in [3.63, 3.8) is 0 Å². The van der Waals surface area contributed by atoms with Crippen LogP contribution in [0.5, 0.6) is 0 Å². The van der Waals surface area contributed by atoms with Crippen LogP contribution in [0.3, 0.4) is 0 Å². The van der Waals surface area contributed by atoms with E-state index in [1.54, 1.807) is 0 Å². The summed E-state index contributed by atoms with van der Waals surface area (Å²) in [6, 6.07) is 0. The normalized spacial score (nSPS) is 12.3. The Labute approximate surface area is 78.7 Å². The molecule has 0 heterocycles. The maximum absolute atomic E-state index is 6.65. The number of rotatable bonds is 0. The van der Waals surface area contributed by atoms with Crippen LogP contribution in [-0.4, -0.2) is 0 Å². The van der Waals surface area contributed by atoms with Gasteiger partial charge < -0.3 is 27.2 Å². The van der Waals surface area contributed by atoms with E-state index in [4.69, 9.17) is 6.42 Å². The van der Waals surface area contributed by atoms with E-state index in [9.17, 15) is 0 Å². The third-order valence-electron chi connectivity index (χ3n) is 0.915. The van der Waals surface area contributed by atoms with Crippen molar-refractivity contribution in [2.24, 2.45) is 5.92 Å². The van der Waals surface area contributed by atoms with Crippen molar-refractivity contribution >= 4 is 0 Å². The first-order chi connectivity index (χ1) is 3.43. The molecule has 60 valence electrons.